The molecule has 0 amide bonds. The molecule has 0 fully saturated rings. The maximum Gasteiger partial charge on any atom is 0.422 e. The lowest BCUT2D eigenvalue weighted by molar-refractivity contribution is -0.154. The molecule has 0 aliphatic carbocycles. The second kappa shape index (κ2) is 10.5. The first kappa shape index (κ1) is 22.3. The van der Waals surface area contributed by atoms with Crippen molar-refractivity contribution in [3.8, 4) is 11.6 Å². The van der Waals surface area contributed by atoms with Crippen LogP contribution in [0.1, 0.15) is 12.5 Å². The maximum absolute atomic E-state index is 13.6. The van der Waals surface area contributed by atoms with Crippen LogP contribution in [-0.4, -0.2) is 43.4 Å². The van der Waals surface area contributed by atoms with Crippen LogP contribution in [0.25, 0.3) is 0 Å². The fourth-order valence-corrected chi connectivity index (χ4v) is 2.28. The van der Waals surface area contributed by atoms with Crippen LogP contribution in [0.4, 0.5) is 17.6 Å². The van der Waals surface area contributed by atoms with Gasteiger partial charge in [0, 0.05) is 25.4 Å². The number of nitrogens with one attached hydrogen (secondary N) is 2. The molecule has 0 saturated heterocycles. The monoisotopic (exact) mass is 414 g/mol. The van der Waals surface area contributed by atoms with E-state index in [-0.39, 0.29) is 24.3 Å². The van der Waals surface area contributed by atoms with Crippen LogP contribution in [0.2, 0.25) is 0 Å². The van der Waals surface area contributed by atoms with Crippen LogP contribution in [0.5, 0.6) is 11.6 Å². The molecule has 0 aliphatic heterocycles. The fourth-order valence-electron chi connectivity index (χ4n) is 2.28. The van der Waals surface area contributed by atoms with E-state index in [4.69, 9.17) is 9.47 Å². The molecule has 1 aromatic heterocycles. The largest absolute Gasteiger partial charge is 0.486 e. The number of hydrogen-bond donors (Lipinski definition) is 2. The Morgan fingerprint density at radius 1 is 1.17 bits per heavy atom. The summed E-state index contributed by atoms with van der Waals surface area (Å²) in [5.41, 5.74) is 0.440. The van der Waals surface area contributed by atoms with Crippen LogP contribution >= 0.6 is 0 Å². The summed E-state index contributed by atoms with van der Waals surface area (Å²) in [6, 6.07) is 9.28. The number of aromatic nitrogens is 1. The van der Waals surface area contributed by atoms with E-state index in [2.05, 4.69) is 20.6 Å². The Labute approximate surface area is 166 Å². The molecular formula is C19H22F4N4O2. The van der Waals surface area contributed by atoms with Crippen molar-refractivity contribution in [1.29, 1.82) is 0 Å². The topological polar surface area (TPSA) is 67.8 Å². The van der Waals surface area contributed by atoms with Crippen molar-refractivity contribution in [3.63, 3.8) is 0 Å². The lowest BCUT2D eigenvalue weighted by Gasteiger charge is -2.18. The Hall–Kier alpha value is -3.04. The number of ether oxygens (including phenoxy) is 2. The van der Waals surface area contributed by atoms with Gasteiger partial charge in [-0.2, -0.15) is 13.2 Å². The minimum Gasteiger partial charge on any atom is -0.486 e. The molecule has 1 aromatic carbocycles. The molecule has 6 nitrogen and oxygen atoms in total. The van der Waals surface area contributed by atoms with Gasteiger partial charge in [-0.05, 0) is 25.1 Å². The van der Waals surface area contributed by atoms with E-state index in [1.54, 1.807) is 38.2 Å². The molecule has 10 heteroatoms. The minimum atomic E-state index is -4.45. The van der Waals surface area contributed by atoms with E-state index in [1.807, 2.05) is 0 Å². The van der Waals surface area contributed by atoms with Gasteiger partial charge >= 0.3 is 6.18 Å². The van der Waals surface area contributed by atoms with Crippen LogP contribution < -0.4 is 20.1 Å². The van der Waals surface area contributed by atoms with Crippen molar-refractivity contribution >= 4 is 5.96 Å². The molecule has 0 saturated carbocycles. The van der Waals surface area contributed by atoms with Crippen LogP contribution in [-0.2, 0) is 6.54 Å². The van der Waals surface area contributed by atoms with Crippen LogP contribution in [0.15, 0.2) is 47.6 Å². The number of nitrogens with zero attached hydrogens (tertiary/aromatic N) is 2. The van der Waals surface area contributed by atoms with Crippen LogP contribution in [0.3, 0.4) is 0 Å². The average molecular weight is 414 g/mol. The Balaban J connectivity index is 1.85. The average Bonchev–Trinajstić information content (AvgIpc) is 2.68. The molecule has 1 atom stereocenters. The summed E-state index contributed by atoms with van der Waals surface area (Å²) in [7, 11) is 1.54. The number of pyridine rings is 1. The van der Waals surface area contributed by atoms with Gasteiger partial charge in [0.1, 0.15) is 6.10 Å². The molecular weight excluding hydrogens is 392 g/mol. The van der Waals surface area contributed by atoms with Gasteiger partial charge in [0.15, 0.2) is 24.1 Å². The molecule has 0 spiro atoms. The number of para-hydroxylation sites is 1. The first-order valence-electron chi connectivity index (χ1n) is 8.77. The number of guanidine groups is 1. The number of aliphatic imine (C=N–C) groups is 1. The third-order valence-corrected chi connectivity index (χ3v) is 3.61. The zero-order valence-corrected chi connectivity index (χ0v) is 16.0. The lowest BCUT2D eigenvalue weighted by Crippen LogP contribution is -2.41. The molecule has 0 bridgehead atoms. The van der Waals surface area contributed by atoms with Crippen molar-refractivity contribution in [3.05, 3.63) is 54.0 Å². The highest BCUT2D eigenvalue weighted by Gasteiger charge is 2.29. The zero-order valence-electron chi connectivity index (χ0n) is 16.0. The van der Waals surface area contributed by atoms with E-state index in [0.717, 1.165) is 0 Å². The number of alkyl halides is 3. The third-order valence-electron chi connectivity index (χ3n) is 3.61. The Bertz CT molecular complexity index is 815. The lowest BCUT2D eigenvalue weighted by atomic mass is 10.2. The SMILES string of the molecule is CN=C(NCc1cccnc1OCC(F)(F)F)NCC(C)Oc1ccccc1F. The van der Waals surface area contributed by atoms with Gasteiger partial charge in [0.05, 0.1) is 6.54 Å². The zero-order chi connectivity index (χ0) is 21.3. The number of rotatable bonds is 8. The van der Waals surface area contributed by atoms with Gasteiger partial charge in [-0.25, -0.2) is 9.37 Å². The highest BCUT2D eigenvalue weighted by molar-refractivity contribution is 5.79. The van der Waals surface area contributed by atoms with Crippen molar-refractivity contribution in [2.75, 3.05) is 20.2 Å². The molecule has 1 heterocycles. The summed E-state index contributed by atoms with van der Waals surface area (Å²) in [5.74, 6) is -0.0278. The summed E-state index contributed by atoms with van der Waals surface area (Å²) in [6.07, 6.45) is -3.47. The number of hydrogen-bond acceptors (Lipinski definition) is 4. The molecule has 1 unspecified atom stereocenters. The van der Waals surface area contributed by atoms with E-state index in [1.165, 1.54) is 18.3 Å². The van der Waals surface area contributed by atoms with E-state index < -0.39 is 18.6 Å². The predicted molar refractivity (Wildman–Crippen MR) is 100 cm³/mol. The van der Waals surface area contributed by atoms with Gasteiger partial charge in [-0.3, -0.25) is 4.99 Å². The predicted octanol–water partition coefficient (Wildman–Crippen LogP) is 3.29. The number of benzene rings is 1. The van der Waals surface area contributed by atoms with E-state index >= 15 is 0 Å². The van der Waals surface area contributed by atoms with E-state index in [0.29, 0.717) is 18.1 Å². The van der Waals surface area contributed by atoms with Gasteiger partial charge < -0.3 is 20.1 Å². The van der Waals surface area contributed by atoms with E-state index in [9.17, 15) is 17.6 Å². The Morgan fingerprint density at radius 2 is 1.93 bits per heavy atom. The minimum absolute atomic E-state index is 0.107. The summed E-state index contributed by atoms with van der Waals surface area (Å²) in [5, 5.41) is 5.97. The first-order chi connectivity index (χ1) is 13.8. The summed E-state index contributed by atoms with van der Waals surface area (Å²) in [4.78, 5) is 7.87. The third kappa shape index (κ3) is 7.84. The molecule has 29 heavy (non-hydrogen) atoms. The quantitative estimate of drug-likeness (QED) is 0.394. The molecule has 0 radical (unpaired) electrons. The van der Waals surface area contributed by atoms with Crippen molar-refractivity contribution in [1.82, 2.24) is 15.6 Å². The van der Waals surface area contributed by atoms with Gasteiger partial charge in [0.2, 0.25) is 5.88 Å². The van der Waals surface area contributed by atoms with Gasteiger partial charge in [-0.15, -0.1) is 0 Å². The molecule has 158 valence electrons. The molecule has 2 rings (SSSR count). The van der Waals surface area contributed by atoms with Crippen molar-refractivity contribution in [2.45, 2.75) is 25.7 Å². The summed E-state index contributed by atoms with van der Waals surface area (Å²) in [6.45, 7) is 0.799. The normalized spacial score (nSPS) is 13.0. The first-order valence-corrected chi connectivity index (χ1v) is 8.77. The van der Waals surface area contributed by atoms with Gasteiger partial charge in [-0.1, -0.05) is 18.2 Å². The second-order valence-corrected chi connectivity index (χ2v) is 6.04. The highest BCUT2D eigenvalue weighted by Crippen LogP contribution is 2.20. The molecule has 2 N–H and O–H groups in total. The highest BCUT2D eigenvalue weighted by atomic mass is 19.4. The smallest absolute Gasteiger partial charge is 0.422 e. The summed E-state index contributed by atoms with van der Waals surface area (Å²) < 4.78 is 61.0. The molecule has 0 aliphatic rings. The fraction of sp³-hybridized carbons (Fsp3) is 0.368. The Kier molecular flexibility index (Phi) is 8.05. The van der Waals surface area contributed by atoms with Gasteiger partial charge in [0.25, 0.3) is 0 Å². The van der Waals surface area contributed by atoms with Crippen LogP contribution in [0, 0.1) is 5.82 Å². The second-order valence-electron chi connectivity index (χ2n) is 6.04. The standard InChI is InChI=1S/C19H22F4N4O2/c1-13(29-16-8-4-3-7-15(16)20)10-26-18(24-2)27-11-14-6-5-9-25-17(14)28-12-19(21,22)23/h3-9,13H,10-12H2,1-2H3,(H2,24,26,27). The van der Waals surface area contributed by atoms with Crippen molar-refractivity contribution < 1.29 is 27.0 Å². The maximum atomic E-state index is 13.6. The van der Waals surface area contributed by atoms with Crippen molar-refractivity contribution in [2.24, 2.45) is 4.99 Å². The Morgan fingerprint density at radius 3 is 2.62 bits per heavy atom. The summed E-state index contributed by atoms with van der Waals surface area (Å²) >= 11 is 0. The molecule has 2 aromatic rings. The number of halogens is 4.